The number of nitrogens with one attached hydrogen (secondary N) is 1. The van der Waals surface area contributed by atoms with E-state index in [-0.39, 0.29) is 24.0 Å². The minimum absolute atomic E-state index is 0. The van der Waals surface area contributed by atoms with E-state index < -0.39 is 0 Å². The molecule has 0 atom stereocenters. The van der Waals surface area contributed by atoms with Crippen LogP contribution >= 0.6 is 35.3 Å². The van der Waals surface area contributed by atoms with Crippen LogP contribution in [0.2, 0.25) is 0 Å². The van der Waals surface area contributed by atoms with E-state index in [1.54, 1.807) is 11.3 Å². The second-order valence-corrected chi connectivity index (χ2v) is 5.68. The maximum Gasteiger partial charge on any atom is 0.188 e. The average molecular weight is 416 g/mol. The maximum atomic E-state index is 5.76. The molecule has 114 valence electrons. The smallest absolute Gasteiger partial charge is 0.188 e. The van der Waals surface area contributed by atoms with Crippen molar-refractivity contribution in [3.8, 4) is 10.6 Å². The lowest BCUT2D eigenvalue weighted by Crippen LogP contribution is -2.36. The van der Waals surface area contributed by atoms with E-state index in [4.69, 9.17) is 5.73 Å². The molecule has 0 aliphatic heterocycles. The maximum absolute atomic E-state index is 5.76. The monoisotopic (exact) mass is 416 g/mol. The SMILES string of the molecule is CC(C)NC(N)=NCCc1csc(-c2ccccc2)n1.I. The van der Waals surface area contributed by atoms with Crippen LogP contribution in [-0.2, 0) is 6.42 Å². The number of hydrogen-bond donors (Lipinski definition) is 2. The van der Waals surface area contributed by atoms with Crippen LogP contribution in [0.1, 0.15) is 19.5 Å². The summed E-state index contributed by atoms with van der Waals surface area (Å²) < 4.78 is 0. The quantitative estimate of drug-likeness (QED) is 0.447. The number of halogens is 1. The fraction of sp³-hybridized carbons (Fsp3) is 0.333. The minimum atomic E-state index is 0. The summed E-state index contributed by atoms with van der Waals surface area (Å²) in [6.45, 7) is 4.73. The van der Waals surface area contributed by atoms with Gasteiger partial charge in [-0.1, -0.05) is 30.3 Å². The Balaban J connectivity index is 0.00000220. The predicted octanol–water partition coefficient (Wildman–Crippen LogP) is 3.28. The molecule has 2 aromatic rings. The molecule has 0 aliphatic carbocycles. The summed E-state index contributed by atoms with van der Waals surface area (Å²) in [6, 6.07) is 10.5. The Hall–Kier alpha value is -1.15. The number of nitrogens with zero attached hydrogens (tertiary/aromatic N) is 2. The summed E-state index contributed by atoms with van der Waals surface area (Å²) in [4.78, 5) is 8.92. The molecule has 3 N–H and O–H groups in total. The number of nitrogens with two attached hydrogens (primary N) is 1. The summed E-state index contributed by atoms with van der Waals surface area (Å²) >= 11 is 1.67. The van der Waals surface area contributed by atoms with Crippen molar-refractivity contribution in [3.63, 3.8) is 0 Å². The van der Waals surface area contributed by atoms with E-state index in [1.807, 2.05) is 32.0 Å². The van der Waals surface area contributed by atoms with Gasteiger partial charge in [-0.15, -0.1) is 35.3 Å². The minimum Gasteiger partial charge on any atom is -0.370 e. The van der Waals surface area contributed by atoms with Crippen molar-refractivity contribution in [2.45, 2.75) is 26.3 Å². The molecule has 1 heterocycles. The third-order valence-corrected chi connectivity index (χ3v) is 3.60. The molecule has 21 heavy (non-hydrogen) atoms. The molecule has 0 fully saturated rings. The molecule has 0 amide bonds. The highest BCUT2D eigenvalue weighted by atomic mass is 127. The lowest BCUT2D eigenvalue weighted by Gasteiger charge is -2.07. The number of benzene rings is 1. The zero-order chi connectivity index (χ0) is 14.4. The standard InChI is InChI=1S/C15H20N4S.HI/c1-11(2)18-15(16)17-9-8-13-10-20-14(19-13)12-6-4-3-5-7-12;/h3-7,10-11H,8-9H2,1-2H3,(H3,16,17,18);1H. The van der Waals surface area contributed by atoms with E-state index in [1.165, 1.54) is 0 Å². The summed E-state index contributed by atoms with van der Waals surface area (Å²) in [7, 11) is 0. The first-order valence-corrected chi connectivity index (χ1v) is 7.59. The predicted molar refractivity (Wildman–Crippen MR) is 101 cm³/mol. The van der Waals surface area contributed by atoms with Crippen molar-refractivity contribution in [3.05, 3.63) is 41.4 Å². The van der Waals surface area contributed by atoms with Gasteiger partial charge >= 0.3 is 0 Å². The van der Waals surface area contributed by atoms with E-state index in [0.717, 1.165) is 22.7 Å². The lowest BCUT2D eigenvalue weighted by atomic mass is 10.2. The second kappa shape index (κ2) is 8.99. The summed E-state index contributed by atoms with van der Waals surface area (Å²) in [6.07, 6.45) is 0.809. The van der Waals surface area contributed by atoms with Gasteiger partial charge in [0.05, 0.1) is 5.69 Å². The van der Waals surface area contributed by atoms with Gasteiger partial charge < -0.3 is 11.1 Å². The second-order valence-electron chi connectivity index (χ2n) is 4.83. The van der Waals surface area contributed by atoms with Crippen LogP contribution in [0.4, 0.5) is 0 Å². The van der Waals surface area contributed by atoms with E-state index in [0.29, 0.717) is 18.5 Å². The third kappa shape index (κ3) is 6.01. The van der Waals surface area contributed by atoms with Gasteiger partial charge in [0.15, 0.2) is 5.96 Å². The van der Waals surface area contributed by atoms with Crippen molar-refractivity contribution >= 4 is 41.3 Å². The lowest BCUT2D eigenvalue weighted by molar-refractivity contribution is 0.723. The van der Waals surface area contributed by atoms with Crippen molar-refractivity contribution in [2.75, 3.05) is 6.54 Å². The number of guanidine groups is 1. The van der Waals surface area contributed by atoms with Crippen molar-refractivity contribution in [2.24, 2.45) is 10.7 Å². The Bertz CT molecular complexity index is 566. The molecule has 0 saturated carbocycles. The number of aromatic nitrogens is 1. The number of hydrogen-bond acceptors (Lipinski definition) is 3. The fourth-order valence-corrected chi connectivity index (χ4v) is 2.63. The number of thiazole rings is 1. The van der Waals surface area contributed by atoms with E-state index in [9.17, 15) is 0 Å². The molecule has 4 nitrogen and oxygen atoms in total. The van der Waals surface area contributed by atoms with Crippen LogP contribution in [0.5, 0.6) is 0 Å². The average Bonchev–Trinajstić information content (AvgIpc) is 2.88. The molecule has 0 aliphatic rings. The van der Waals surface area contributed by atoms with Crippen LogP contribution in [0.3, 0.4) is 0 Å². The molecule has 0 bridgehead atoms. The molecular weight excluding hydrogens is 395 g/mol. The van der Waals surface area contributed by atoms with E-state index >= 15 is 0 Å². The van der Waals surface area contributed by atoms with Gasteiger partial charge in [0.25, 0.3) is 0 Å². The zero-order valence-corrected chi connectivity index (χ0v) is 15.4. The van der Waals surface area contributed by atoms with Crippen LogP contribution < -0.4 is 11.1 Å². The number of aliphatic imine (C=N–C) groups is 1. The Morgan fingerprint density at radius 1 is 1.33 bits per heavy atom. The fourth-order valence-electron chi connectivity index (χ4n) is 1.77. The van der Waals surface area contributed by atoms with Crippen molar-refractivity contribution < 1.29 is 0 Å². The summed E-state index contributed by atoms with van der Waals surface area (Å²) in [5, 5.41) is 6.21. The molecular formula is C15H21IN4S. The van der Waals surface area contributed by atoms with Crippen LogP contribution in [-0.4, -0.2) is 23.5 Å². The molecule has 6 heteroatoms. The molecule has 0 unspecified atom stereocenters. The highest BCUT2D eigenvalue weighted by molar-refractivity contribution is 14.0. The first kappa shape index (κ1) is 17.9. The third-order valence-electron chi connectivity index (χ3n) is 2.66. The Kier molecular flexibility index (Phi) is 7.66. The molecule has 0 saturated heterocycles. The van der Waals surface area contributed by atoms with Gasteiger partial charge in [0.1, 0.15) is 5.01 Å². The summed E-state index contributed by atoms with van der Waals surface area (Å²) in [5.74, 6) is 0.499. The van der Waals surface area contributed by atoms with Crippen LogP contribution in [0.15, 0.2) is 40.7 Å². The molecule has 2 rings (SSSR count). The largest absolute Gasteiger partial charge is 0.370 e. The molecule has 1 aromatic heterocycles. The van der Waals surface area contributed by atoms with Crippen molar-refractivity contribution in [1.82, 2.24) is 10.3 Å². The Morgan fingerprint density at radius 3 is 2.71 bits per heavy atom. The first-order valence-electron chi connectivity index (χ1n) is 6.71. The van der Waals surface area contributed by atoms with Gasteiger partial charge in [-0.2, -0.15) is 0 Å². The topological polar surface area (TPSA) is 63.3 Å². The van der Waals surface area contributed by atoms with Gasteiger partial charge in [-0.05, 0) is 13.8 Å². The van der Waals surface area contributed by atoms with Gasteiger partial charge in [-0.25, -0.2) is 4.98 Å². The zero-order valence-electron chi connectivity index (χ0n) is 12.2. The van der Waals surface area contributed by atoms with Gasteiger partial charge in [0, 0.05) is 30.0 Å². The molecule has 0 radical (unpaired) electrons. The highest BCUT2D eigenvalue weighted by Gasteiger charge is 2.04. The highest BCUT2D eigenvalue weighted by Crippen LogP contribution is 2.23. The molecule has 1 aromatic carbocycles. The Labute approximate surface area is 146 Å². The van der Waals surface area contributed by atoms with Crippen LogP contribution in [0.25, 0.3) is 10.6 Å². The van der Waals surface area contributed by atoms with Crippen molar-refractivity contribution in [1.29, 1.82) is 0 Å². The first-order chi connectivity index (χ1) is 9.65. The van der Waals surface area contributed by atoms with Gasteiger partial charge in [-0.3, -0.25) is 4.99 Å². The summed E-state index contributed by atoms with van der Waals surface area (Å²) in [5.41, 5.74) is 7.98. The van der Waals surface area contributed by atoms with E-state index in [2.05, 4.69) is 32.8 Å². The number of rotatable bonds is 5. The molecule has 0 spiro atoms. The Morgan fingerprint density at radius 2 is 2.05 bits per heavy atom. The van der Waals surface area contributed by atoms with Crippen LogP contribution in [0, 0.1) is 0 Å². The normalized spacial score (nSPS) is 11.3. The van der Waals surface area contributed by atoms with Gasteiger partial charge in [0.2, 0.25) is 0 Å².